The lowest BCUT2D eigenvalue weighted by Gasteiger charge is -2.19. The fraction of sp³-hybridized carbons (Fsp3) is 0.727. The summed E-state index contributed by atoms with van der Waals surface area (Å²) in [6, 6.07) is -0.0185. The number of rotatable bonds is 5. The Morgan fingerprint density at radius 3 is 3.00 bits per heavy atom. The van der Waals surface area contributed by atoms with Crippen LogP contribution >= 0.6 is 11.8 Å². The molecule has 3 rings (SSSR count). The number of nitrogens with zero attached hydrogens (tertiary/aromatic N) is 2. The predicted octanol–water partition coefficient (Wildman–Crippen LogP) is 0.488. The summed E-state index contributed by atoms with van der Waals surface area (Å²) in [6.07, 6.45) is 3.14. The zero-order valence-corrected chi connectivity index (χ0v) is 11.1. The number of carboxylic acids is 1. The fourth-order valence-corrected chi connectivity index (χ4v) is 3.28. The summed E-state index contributed by atoms with van der Waals surface area (Å²) in [5.41, 5.74) is -0.283. The highest BCUT2D eigenvalue weighted by atomic mass is 32.2. The number of hydrogen-bond acceptors (Lipinski definition) is 5. The third-order valence-corrected chi connectivity index (χ3v) is 4.46. The van der Waals surface area contributed by atoms with Crippen LogP contribution < -0.4 is 5.69 Å². The van der Waals surface area contributed by atoms with Crippen molar-refractivity contribution in [3.63, 3.8) is 0 Å². The predicted molar refractivity (Wildman–Crippen MR) is 67.3 cm³/mol. The number of thioether (sulfide) groups is 1. The van der Waals surface area contributed by atoms with E-state index in [0.717, 1.165) is 31.0 Å². The van der Waals surface area contributed by atoms with E-state index in [9.17, 15) is 9.59 Å². The Morgan fingerprint density at radius 2 is 2.32 bits per heavy atom. The van der Waals surface area contributed by atoms with Crippen LogP contribution in [0.3, 0.4) is 0 Å². The van der Waals surface area contributed by atoms with E-state index in [2.05, 4.69) is 10.2 Å². The molecule has 2 fully saturated rings. The first-order chi connectivity index (χ1) is 9.16. The van der Waals surface area contributed by atoms with Crippen molar-refractivity contribution in [3.8, 4) is 0 Å². The van der Waals surface area contributed by atoms with E-state index < -0.39 is 5.97 Å². The quantitative estimate of drug-likeness (QED) is 0.764. The molecule has 2 heterocycles. The van der Waals surface area contributed by atoms with Gasteiger partial charge in [0.2, 0.25) is 0 Å². The maximum absolute atomic E-state index is 11.9. The van der Waals surface area contributed by atoms with E-state index in [1.807, 2.05) is 0 Å². The van der Waals surface area contributed by atoms with Crippen LogP contribution in [-0.2, 0) is 9.53 Å². The monoisotopic (exact) mass is 285 g/mol. The fourth-order valence-electron chi connectivity index (χ4n) is 2.56. The molecule has 1 aromatic heterocycles. The van der Waals surface area contributed by atoms with Crippen LogP contribution in [0.4, 0.5) is 0 Å². The summed E-state index contributed by atoms with van der Waals surface area (Å²) in [4.78, 5) is 22.5. The maximum Gasteiger partial charge on any atom is 0.344 e. The molecule has 0 radical (unpaired) electrons. The maximum atomic E-state index is 11.9. The van der Waals surface area contributed by atoms with Gasteiger partial charge < -0.3 is 9.84 Å². The van der Waals surface area contributed by atoms with Crippen LogP contribution in [0.5, 0.6) is 0 Å². The van der Waals surface area contributed by atoms with Crippen molar-refractivity contribution >= 4 is 17.7 Å². The van der Waals surface area contributed by atoms with Crippen molar-refractivity contribution in [2.75, 3.05) is 12.4 Å². The molecule has 104 valence electrons. The van der Waals surface area contributed by atoms with Gasteiger partial charge in [0.25, 0.3) is 0 Å². The first kappa shape index (κ1) is 12.7. The van der Waals surface area contributed by atoms with E-state index in [-0.39, 0.29) is 23.6 Å². The molecule has 2 N–H and O–H groups in total. The van der Waals surface area contributed by atoms with E-state index >= 15 is 0 Å². The van der Waals surface area contributed by atoms with Gasteiger partial charge in [-0.15, -0.1) is 5.10 Å². The molecule has 0 bridgehead atoms. The van der Waals surface area contributed by atoms with Gasteiger partial charge in [-0.1, -0.05) is 11.8 Å². The van der Waals surface area contributed by atoms with Crippen molar-refractivity contribution in [1.29, 1.82) is 0 Å². The number of aromatic amines is 1. The second-order valence-electron chi connectivity index (χ2n) is 4.89. The molecular weight excluding hydrogens is 270 g/mol. The first-order valence-electron chi connectivity index (χ1n) is 6.30. The Hall–Kier alpha value is -1.28. The van der Waals surface area contributed by atoms with Gasteiger partial charge in [0.05, 0.1) is 17.9 Å². The number of aliphatic carboxylic acids is 1. The summed E-state index contributed by atoms with van der Waals surface area (Å²) in [5.74, 6) is -0.494. The second kappa shape index (κ2) is 5.01. The molecule has 1 saturated heterocycles. The number of nitrogens with one attached hydrogen (secondary N) is 1. The number of aromatic nitrogens is 3. The molecule has 8 heteroatoms. The number of carbonyl (C=O) groups is 1. The molecule has 0 amide bonds. The third-order valence-electron chi connectivity index (χ3n) is 3.52. The van der Waals surface area contributed by atoms with E-state index in [1.165, 1.54) is 0 Å². The lowest BCUT2D eigenvalue weighted by Crippen LogP contribution is -2.30. The first-order valence-corrected chi connectivity index (χ1v) is 7.28. The molecule has 1 aliphatic carbocycles. The summed E-state index contributed by atoms with van der Waals surface area (Å²) in [5, 5.41) is 15.5. The van der Waals surface area contributed by atoms with Gasteiger partial charge in [0.15, 0.2) is 5.16 Å². The second-order valence-corrected chi connectivity index (χ2v) is 5.84. The smallest absolute Gasteiger partial charge is 0.344 e. The Labute approximate surface area is 113 Å². The lowest BCUT2D eigenvalue weighted by molar-refractivity contribution is -0.133. The Kier molecular flexibility index (Phi) is 3.36. The van der Waals surface area contributed by atoms with Crippen molar-refractivity contribution in [2.24, 2.45) is 5.92 Å². The van der Waals surface area contributed by atoms with Gasteiger partial charge in [-0.25, -0.2) is 9.89 Å². The van der Waals surface area contributed by atoms with Crippen molar-refractivity contribution < 1.29 is 14.6 Å². The summed E-state index contributed by atoms with van der Waals surface area (Å²) in [6.45, 7) is 0.645. The highest BCUT2D eigenvalue weighted by Crippen LogP contribution is 2.43. The molecule has 0 aromatic carbocycles. The lowest BCUT2D eigenvalue weighted by atomic mass is 10.1. The summed E-state index contributed by atoms with van der Waals surface area (Å²) in [7, 11) is 0. The Bertz CT molecular complexity index is 536. The minimum Gasteiger partial charge on any atom is -0.481 e. The Balaban J connectivity index is 1.84. The Morgan fingerprint density at radius 1 is 1.53 bits per heavy atom. The molecule has 1 saturated carbocycles. The molecule has 2 unspecified atom stereocenters. The van der Waals surface area contributed by atoms with Crippen molar-refractivity contribution in [2.45, 2.75) is 36.6 Å². The molecule has 0 spiro atoms. The van der Waals surface area contributed by atoms with Gasteiger partial charge in [-0.3, -0.25) is 9.36 Å². The van der Waals surface area contributed by atoms with E-state index in [1.54, 1.807) is 4.57 Å². The average Bonchev–Trinajstić information content (AvgIpc) is 2.99. The van der Waals surface area contributed by atoms with E-state index in [4.69, 9.17) is 9.84 Å². The molecule has 2 aliphatic rings. The van der Waals surface area contributed by atoms with Crippen molar-refractivity contribution in [1.82, 2.24) is 14.8 Å². The van der Waals surface area contributed by atoms with Crippen LogP contribution in [0.25, 0.3) is 0 Å². The summed E-state index contributed by atoms with van der Waals surface area (Å²) < 4.78 is 7.29. The molecule has 2 atom stereocenters. The largest absolute Gasteiger partial charge is 0.481 e. The molecule has 1 aromatic rings. The highest BCUT2D eigenvalue weighted by molar-refractivity contribution is 7.99. The average molecular weight is 285 g/mol. The van der Waals surface area contributed by atoms with Gasteiger partial charge in [0.1, 0.15) is 0 Å². The number of hydrogen-bond donors (Lipinski definition) is 2. The molecular formula is C11H15N3O4S. The van der Waals surface area contributed by atoms with Gasteiger partial charge in [-0.05, 0) is 25.2 Å². The van der Waals surface area contributed by atoms with Crippen LogP contribution in [0.2, 0.25) is 0 Å². The molecule has 19 heavy (non-hydrogen) atoms. The van der Waals surface area contributed by atoms with E-state index in [0.29, 0.717) is 17.7 Å². The zero-order valence-electron chi connectivity index (χ0n) is 10.2. The molecule has 7 nitrogen and oxygen atoms in total. The zero-order chi connectivity index (χ0) is 13.4. The SMILES string of the molecule is O=C(O)CSc1n[nH]c(=O)n1C1CCOC1C1CC1. The van der Waals surface area contributed by atoms with Gasteiger partial charge >= 0.3 is 11.7 Å². The molecule has 1 aliphatic heterocycles. The third kappa shape index (κ3) is 2.55. The van der Waals surface area contributed by atoms with Gasteiger partial charge in [0, 0.05) is 6.61 Å². The summed E-state index contributed by atoms with van der Waals surface area (Å²) >= 11 is 1.06. The number of ether oxygens (including phenoxy) is 1. The van der Waals surface area contributed by atoms with Gasteiger partial charge in [-0.2, -0.15) is 0 Å². The van der Waals surface area contributed by atoms with Crippen LogP contribution in [-0.4, -0.2) is 44.3 Å². The van der Waals surface area contributed by atoms with Crippen LogP contribution in [0.1, 0.15) is 25.3 Å². The highest BCUT2D eigenvalue weighted by Gasteiger charge is 2.42. The number of carboxylic acid groups (broad SMARTS) is 1. The minimum atomic E-state index is -0.923. The van der Waals surface area contributed by atoms with Crippen molar-refractivity contribution in [3.05, 3.63) is 10.5 Å². The normalized spacial score (nSPS) is 26.7. The standard InChI is InChI=1S/C11H15N3O4S/c15-8(16)5-19-11-13-12-10(17)14(11)7-3-4-18-9(7)6-1-2-6/h6-7,9H,1-5H2,(H,12,17)(H,15,16). The number of H-pyrrole nitrogens is 1. The topological polar surface area (TPSA) is 97.2 Å². The van der Waals surface area contributed by atoms with Crippen LogP contribution in [0, 0.1) is 5.92 Å². The van der Waals surface area contributed by atoms with Crippen LogP contribution in [0.15, 0.2) is 9.95 Å². The minimum absolute atomic E-state index is 0.0185.